The molecule has 146 valence electrons. The first kappa shape index (κ1) is 19.0. The van der Waals surface area contributed by atoms with Crippen molar-refractivity contribution in [1.29, 1.82) is 0 Å². The third-order valence-electron chi connectivity index (χ3n) is 4.19. The lowest BCUT2D eigenvalue weighted by molar-refractivity contribution is -0.158. The minimum Gasteiger partial charge on any atom is -0.475 e. The van der Waals surface area contributed by atoms with Crippen LogP contribution in [0.5, 0.6) is 17.2 Å². The van der Waals surface area contributed by atoms with Crippen LogP contribution < -0.4 is 14.2 Å². The SMILES string of the molecule is CCOC(=O)C(C)(C)Oc1ccc(-c2nc3cc4c(cc3s2)OCO4)cc1Br. The second-order valence-corrected chi connectivity index (χ2v) is 8.56. The van der Waals surface area contributed by atoms with Gasteiger partial charge in [0.15, 0.2) is 17.1 Å². The minimum atomic E-state index is -1.09. The Labute approximate surface area is 174 Å². The number of hydrogen-bond donors (Lipinski definition) is 0. The number of halogens is 1. The second kappa shape index (κ2) is 7.25. The van der Waals surface area contributed by atoms with Gasteiger partial charge in [0.1, 0.15) is 10.8 Å². The van der Waals surface area contributed by atoms with Gasteiger partial charge in [-0.2, -0.15) is 0 Å². The smallest absolute Gasteiger partial charge is 0.349 e. The number of hydrogen-bond acceptors (Lipinski definition) is 7. The number of nitrogens with zero attached hydrogens (tertiary/aromatic N) is 1. The second-order valence-electron chi connectivity index (χ2n) is 6.67. The van der Waals surface area contributed by atoms with Crippen molar-refractivity contribution in [2.24, 2.45) is 0 Å². The van der Waals surface area contributed by atoms with Crippen molar-refractivity contribution < 1.29 is 23.7 Å². The normalized spacial score (nSPS) is 13.0. The van der Waals surface area contributed by atoms with Crippen molar-refractivity contribution in [3.63, 3.8) is 0 Å². The molecule has 2 aromatic carbocycles. The van der Waals surface area contributed by atoms with E-state index in [0.717, 1.165) is 36.8 Å². The summed E-state index contributed by atoms with van der Waals surface area (Å²) in [6, 6.07) is 9.51. The maximum atomic E-state index is 12.1. The molecule has 0 saturated carbocycles. The van der Waals surface area contributed by atoms with E-state index in [0.29, 0.717) is 12.4 Å². The summed E-state index contributed by atoms with van der Waals surface area (Å²) in [6.07, 6.45) is 0. The van der Waals surface area contributed by atoms with Gasteiger partial charge in [-0.05, 0) is 54.9 Å². The molecular weight excluding hydrogens is 446 g/mol. The van der Waals surface area contributed by atoms with Crippen LogP contribution in [0.4, 0.5) is 0 Å². The number of fused-ring (bicyclic) bond motifs is 2. The summed E-state index contributed by atoms with van der Waals surface area (Å²) in [7, 11) is 0. The fraction of sp³-hybridized carbons (Fsp3) is 0.300. The van der Waals surface area contributed by atoms with Gasteiger partial charge < -0.3 is 18.9 Å². The predicted octanol–water partition coefficient (Wildman–Crippen LogP) is 5.18. The number of ether oxygens (including phenoxy) is 4. The van der Waals surface area contributed by atoms with E-state index in [4.69, 9.17) is 23.9 Å². The maximum Gasteiger partial charge on any atom is 0.349 e. The molecule has 6 nitrogen and oxygen atoms in total. The molecule has 0 radical (unpaired) electrons. The Hall–Kier alpha value is -2.32. The summed E-state index contributed by atoms with van der Waals surface area (Å²) < 4.78 is 23.6. The number of thiazole rings is 1. The molecule has 1 aromatic heterocycles. The highest BCUT2D eigenvalue weighted by molar-refractivity contribution is 9.10. The average Bonchev–Trinajstić information content (AvgIpc) is 3.27. The topological polar surface area (TPSA) is 66.9 Å². The quantitative estimate of drug-likeness (QED) is 0.485. The van der Waals surface area contributed by atoms with Crippen LogP contribution in [0, 0.1) is 0 Å². The minimum absolute atomic E-state index is 0.246. The summed E-state index contributed by atoms with van der Waals surface area (Å²) in [4.78, 5) is 16.8. The maximum absolute atomic E-state index is 12.1. The van der Waals surface area contributed by atoms with Crippen molar-refractivity contribution in [3.05, 3.63) is 34.8 Å². The highest BCUT2D eigenvalue weighted by Crippen LogP contribution is 2.41. The van der Waals surface area contributed by atoms with Crippen LogP contribution in [-0.4, -0.2) is 30.0 Å². The van der Waals surface area contributed by atoms with Crippen LogP contribution in [0.1, 0.15) is 20.8 Å². The Morgan fingerprint density at radius 2 is 2.00 bits per heavy atom. The Kier molecular flexibility index (Phi) is 4.93. The zero-order chi connectivity index (χ0) is 19.9. The molecule has 0 N–H and O–H groups in total. The molecule has 1 aliphatic rings. The van der Waals surface area contributed by atoms with E-state index in [1.165, 1.54) is 0 Å². The lowest BCUT2D eigenvalue weighted by Crippen LogP contribution is -2.39. The predicted molar refractivity (Wildman–Crippen MR) is 110 cm³/mol. The van der Waals surface area contributed by atoms with Crippen molar-refractivity contribution >= 4 is 43.5 Å². The van der Waals surface area contributed by atoms with E-state index in [9.17, 15) is 4.79 Å². The Bertz CT molecular complexity index is 1020. The van der Waals surface area contributed by atoms with E-state index >= 15 is 0 Å². The largest absolute Gasteiger partial charge is 0.475 e. The fourth-order valence-corrected chi connectivity index (χ4v) is 4.21. The molecule has 28 heavy (non-hydrogen) atoms. The molecule has 0 saturated heterocycles. The number of rotatable bonds is 5. The number of esters is 1. The first-order valence-electron chi connectivity index (χ1n) is 8.74. The first-order valence-corrected chi connectivity index (χ1v) is 10.3. The van der Waals surface area contributed by atoms with Crippen LogP contribution >= 0.6 is 27.3 Å². The summed E-state index contributed by atoms with van der Waals surface area (Å²) in [6.45, 7) is 5.69. The first-order chi connectivity index (χ1) is 13.4. The number of carbonyl (C=O) groups is 1. The van der Waals surface area contributed by atoms with E-state index in [1.807, 2.05) is 30.3 Å². The third kappa shape index (κ3) is 3.54. The van der Waals surface area contributed by atoms with Crippen LogP contribution in [0.3, 0.4) is 0 Å². The molecule has 2 heterocycles. The Balaban J connectivity index is 1.61. The molecule has 0 aliphatic carbocycles. The van der Waals surface area contributed by atoms with Crippen LogP contribution in [0.2, 0.25) is 0 Å². The Morgan fingerprint density at radius 1 is 1.25 bits per heavy atom. The highest BCUT2D eigenvalue weighted by atomic mass is 79.9. The molecule has 3 aromatic rings. The molecule has 0 bridgehead atoms. The van der Waals surface area contributed by atoms with Gasteiger partial charge in [0.25, 0.3) is 0 Å². The number of benzene rings is 2. The van der Waals surface area contributed by atoms with E-state index in [-0.39, 0.29) is 6.79 Å². The molecular formula is C20H18BrNO5S. The third-order valence-corrected chi connectivity index (χ3v) is 5.88. The number of carbonyl (C=O) groups excluding carboxylic acids is 1. The molecule has 0 spiro atoms. The van der Waals surface area contributed by atoms with Crippen LogP contribution in [0.25, 0.3) is 20.8 Å². The van der Waals surface area contributed by atoms with E-state index in [1.54, 1.807) is 32.1 Å². The van der Waals surface area contributed by atoms with Crippen molar-refractivity contribution in [1.82, 2.24) is 4.98 Å². The lowest BCUT2D eigenvalue weighted by atomic mass is 10.1. The fourth-order valence-electron chi connectivity index (χ4n) is 2.78. The molecule has 0 atom stereocenters. The zero-order valence-electron chi connectivity index (χ0n) is 15.6. The van der Waals surface area contributed by atoms with Gasteiger partial charge >= 0.3 is 5.97 Å². The lowest BCUT2D eigenvalue weighted by Gasteiger charge is -2.24. The van der Waals surface area contributed by atoms with Gasteiger partial charge in [-0.3, -0.25) is 0 Å². The molecule has 8 heteroatoms. The van der Waals surface area contributed by atoms with Gasteiger partial charge in [-0.1, -0.05) is 0 Å². The number of aromatic nitrogens is 1. The monoisotopic (exact) mass is 463 g/mol. The van der Waals surface area contributed by atoms with Gasteiger partial charge in [-0.15, -0.1) is 11.3 Å². The summed E-state index contributed by atoms with van der Waals surface area (Å²) in [5.41, 5.74) is 0.719. The van der Waals surface area contributed by atoms with Crippen molar-refractivity contribution in [3.8, 4) is 27.8 Å². The molecule has 0 fully saturated rings. The summed E-state index contributed by atoms with van der Waals surface area (Å²) in [5.74, 6) is 1.61. The van der Waals surface area contributed by atoms with Crippen LogP contribution in [0.15, 0.2) is 34.8 Å². The van der Waals surface area contributed by atoms with Gasteiger partial charge in [0.05, 0.1) is 21.3 Å². The molecule has 1 aliphatic heterocycles. The molecule has 4 rings (SSSR count). The van der Waals surface area contributed by atoms with Crippen LogP contribution in [-0.2, 0) is 9.53 Å². The van der Waals surface area contributed by atoms with Crippen molar-refractivity contribution in [2.45, 2.75) is 26.4 Å². The van der Waals surface area contributed by atoms with Crippen molar-refractivity contribution in [2.75, 3.05) is 13.4 Å². The highest BCUT2D eigenvalue weighted by Gasteiger charge is 2.32. The van der Waals surface area contributed by atoms with Gasteiger partial charge in [0.2, 0.25) is 6.79 Å². The summed E-state index contributed by atoms with van der Waals surface area (Å²) in [5, 5.41) is 0.871. The van der Waals surface area contributed by atoms with Gasteiger partial charge in [-0.25, -0.2) is 9.78 Å². The molecule has 0 unspecified atom stereocenters. The van der Waals surface area contributed by atoms with Gasteiger partial charge in [0, 0.05) is 17.7 Å². The van der Waals surface area contributed by atoms with E-state index in [2.05, 4.69) is 15.9 Å². The Morgan fingerprint density at radius 3 is 2.71 bits per heavy atom. The summed E-state index contributed by atoms with van der Waals surface area (Å²) >= 11 is 5.11. The average molecular weight is 464 g/mol. The molecule has 0 amide bonds. The zero-order valence-corrected chi connectivity index (χ0v) is 18.0. The van der Waals surface area contributed by atoms with E-state index < -0.39 is 11.6 Å². The standard InChI is InChI=1S/C20H18BrNO5S/c1-4-24-19(23)20(2,3)27-14-6-5-11(7-12(14)21)18-22-13-8-15-16(26-10-25-15)9-17(13)28-18/h5-9H,4,10H2,1-3H3.